The minimum Gasteiger partial charge on any atom is -1.00 e. The number of hydrogen-bond acceptors (Lipinski definition) is 5. The van der Waals surface area contributed by atoms with Gasteiger partial charge in [0.15, 0.2) is 5.52 Å². The monoisotopic (exact) mass is 438 g/mol. The zero-order valence-electron chi connectivity index (χ0n) is 17.1. The minimum absolute atomic E-state index is 0. The predicted octanol–water partition coefficient (Wildman–Crippen LogP) is 1.30. The van der Waals surface area contributed by atoms with Crippen molar-refractivity contribution in [1.82, 2.24) is 0 Å². The van der Waals surface area contributed by atoms with Gasteiger partial charge in [0.05, 0.1) is 28.8 Å². The Hall–Kier alpha value is -0.763. The fraction of sp³-hybridized carbons (Fsp3) is 0.316. The number of benzene rings is 2. The summed E-state index contributed by atoms with van der Waals surface area (Å²) in [4.78, 5) is 12.7. The number of hydrogen-bond donors (Lipinski definition) is 0. The summed E-state index contributed by atoms with van der Waals surface area (Å²) in [7, 11) is 3.01. The van der Waals surface area contributed by atoms with E-state index in [-0.39, 0.29) is 34.4 Å². The van der Waals surface area contributed by atoms with Crippen molar-refractivity contribution in [2.24, 2.45) is 0 Å². The van der Waals surface area contributed by atoms with Crippen LogP contribution in [0.15, 0.2) is 36.4 Å². The number of carbonyl (C=O) groups excluding carboxylic acids is 1. The van der Waals surface area contributed by atoms with Crippen molar-refractivity contribution < 1.29 is 44.0 Å². The van der Waals surface area contributed by atoms with Crippen molar-refractivity contribution >= 4 is 42.6 Å². The van der Waals surface area contributed by atoms with Crippen LogP contribution in [0.3, 0.4) is 0 Å². The van der Waals surface area contributed by atoms with Gasteiger partial charge in [-0.2, -0.15) is 0 Å². The predicted molar refractivity (Wildman–Crippen MR) is 111 cm³/mol. The Morgan fingerprint density at radius 2 is 1.57 bits per heavy atom. The molecule has 28 heavy (non-hydrogen) atoms. The molecule has 1 atom stereocenters. The van der Waals surface area contributed by atoms with Crippen LogP contribution in [0.4, 0.5) is 0 Å². The van der Waals surface area contributed by atoms with Crippen LogP contribution in [0.5, 0.6) is 11.5 Å². The van der Waals surface area contributed by atoms with Gasteiger partial charge in [-0.05, 0) is 32.8 Å². The summed E-state index contributed by atoms with van der Waals surface area (Å²) in [6, 6.07) is 10.4. The first kappa shape index (κ1) is 25.3. The standard InChI is InChI=1S/C19H21Cl2O5P.Li.H/c1-23-8-10-25-13-6-7-17(16(12-13)26-11-9-24-2)27-19(22)18-14(20)4-3-5-15(18)21;;/h3-7,12,27H,8-11H2,1-2H3;;/q;+1;-1. The summed E-state index contributed by atoms with van der Waals surface area (Å²) in [5, 5.41) is 1.41. The summed E-state index contributed by atoms with van der Waals surface area (Å²) < 4.78 is 21.4. The maximum absolute atomic E-state index is 12.7. The Labute approximate surface area is 190 Å². The van der Waals surface area contributed by atoms with Gasteiger partial charge in [0.25, 0.3) is 0 Å². The maximum atomic E-state index is 12.7. The van der Waals surface area contributed by atoms with Crippen molar-refractivity contribution in [2.45, 2.75) is 0 Å². The normalized spacial score (nSPS) is 10.7. The van der Waals surface area contributed by atoms with E-state index in [9.17, 15) is 4.79 Å². The fourth-order valence-electron chi connectivity index (χ4n) is 2.19. The quantitative estimate of drug-likeness (QED) is 0.300. The third-order valence-corrected chi connectivity index (χ3v) is 5.28. The zero-order valence-corrected chi connectivity index (χ0v) is 18.6. The first-order chi connectivity index (χ1) is 13.1. The van der Waals surface area contributed by atoms with Gasteiger partial charge in [-0.25, -0.2) is 0 Å². The zero-order chi connectivity index (χ0) is 19.6. The van der Waals surface area contributed by atoms with E-state index < -0.39 is 0 Å². The van der Waals surface area contributed by atoms with Gasteiger partial charge in [-0.3, -0.25) is 4.79 Å². The molecule has 148 valence electrons. The summed E-state index contributed by atoms with van der Waals surface area (Å²) in [5.41, 5.74) is 0.165. The summed E-state index contributed by atoms with van der Waals surface area (Å²) in [6.07, 6.45) is 0. The van der Waals surface area contributed by atoms with Crippen LogP contribution in [0.2, 0.25) is 10.0 Å². The molecule has 5 nitrogen and oxygen atoms in total. The number of carbonyl (C=O) groups is 1. The molecule has 0 saturated heterocycles. The third-order valence-electron chi connectivity index (χ3n) is 3.49. The van der Waals surface area contributed by atoms with E-state index in [1.807, 2.05) is 6.07 Å². The van der Waals surface area contributed by atoms with Crippen LogP contribution in [0, 0.1) is 0 Å². The molecule has 0 aliphatic rings. The van der Waals surface area contributed by atoms with E-state index in [4.69, 9.17) is 42.1 Å². The van der Waals surface area contributed by atoms with Gasteiger partial charge in [-0.15, -0.1) is 0 Å². The number of ether oxygens (including phenoxy) is 4. The molecule has 0 radical (unpaired) electrons. The smallest absolute Gasteiger partial charge is 1.00 e. The van der Waals surface area contributed by atoms with Crippen molar-refractivity contribution in [3.8, 4) is 11.5 Å². The molecule has 0 bridgehead atoms. The Bertz CT molecular complexity index is 762. The van der Waals surface area contributed by atoms with Crippen molar-refractivity contribution in [3.05, 3.63) is 52.0 Å². The number of halogens is 2. The van der Waals surface area contributed by atoms with Crippen molar-refractivity contribution in [3.63, 3.8) is 0 Å². The molecule has 0 amide bonds. The third kappa shape index (κ3) is 7.58. The second kappa shape index (κ2) is 13.5. The summed E-state index contributed by atoms with van der Waals surface area (Å²) >= 11 is 12.3. The van der Waals surface area contributed by atoms with Crippen molar-refractivity contribution in [1.29, 1.82) is 0 Å². The average Bonchev–Trinajstić information content (AvgIpc) is 2.64. The Morgan fingerprint density at radius 3 is 2.18 bits per heavy atom. The van der Waals surface area contributed by atoms with Crippen LogP contribution >= 0.6 is 31.8 Å². The minimum atomic E-state index is -0.196. The molecular formula is C19H22Cl2LiO5P. The van der Waals surface area contributed by atoms with E-state index in [1.165, 1.54) is 0 Å². The Balaban J connectivity index is 0.00000392. The SMILES string of the molecule is COCCOc1ccc(PC(=O)c2c(Cl)cccc2Cl)c(OCCOC)c1.[H-].[Li+]. The Kier molecular flexibility index (Phi) is 12.1. The largest absolute Gasteiger partial charge is 1.00 e. The van der Waals surface area contributed by atoms with E-state index in [2.05, 4.69) is 0 Å². The van der Waals surface area contributed by atoms with Crippen molar-refractivity contribution in [2.75, 3.05) is 40.6 Å². The topological polar surface area (TPSA) is 54.0 Å². The molecule has 0 saturated carbocycles. The van der Waals surface area contributed by atoms with Gasteiger partial charge in [0.2, 0.25) is 0 Å². The van der Waals surface area contributed by atoms with Crippen LogP contribution in [0.1, 0.15) is 11.8 Å². The molecule has 0 heterocycles. The van der Waals surface area contributed by atoms with E-state index >= 15 is 0 Å². The summed E-state index contributed by atoms with van der Waals surface area (Å²) in [6.45, 7) is 1.69. The summed E-state index contributed by atoms with van der Waals surface area (Å²) in [5.74, 6) is 1.20. The first-order valence-electron chi connectivity index (χ1n) is 8.19. The van der Waals surface area contributed by atoms with E-state index in [0.717, 1.165) is 5.30 Å². The molecule has 9 heteroatoms. The Morgan fingerprint density at radius 1 is 0.964 bits per heavy atom. The molecule has 0 aliphatic carbocycles. The average molecular weight is 439 g/mol. The van der Waals surface area contributed by atoms with Gasteiger partial charge in [0, 0.05) is 25.6 Å². The van der Waals surface area contributed by atoms with Gasteiger partial charge >= 0.3 is 18.9 Å². The molecule has 1 unspecified atom stereocenters. The second-order valence-electron chi connectivity index (χ2n) is 5.39. The first-order valence-corrected chi connectivity index (χ1v) is 9.95. The molecular weight excluding hydrogens is 417 g/mol. The molecule has 0 N–H and O–H groups in total. The fourth-order valence-corrected chi connectivity index (χ4v) is 3.99. The molecule has 2 aromatic carbocycles. The maximum Gasteiger partial charge on any atom is 1.00 e. The van der Waals surface area contributed by atoms with Gasteiger partial charge < -0.3 is 20.4 Å². The second-order valence-corrected chi connectivity index (χ2v) is 7.45. The van der Waals surface area contributed by atoms with E-state index in [0.29, 0.717) is 53.5 Å². The number of rotatable bonds is 11. The molecule has 0 aromatic heterocycles. The van der Waals surface area contributed by atoms with Gasteiger partial charge in [0.1, 0.15) is 24.7 Å². The molecule has 2 aromatic rings. The molecule has 0 aliphatic heterocycles. The molecule has 2 rings (SSSR count). The molecule has 0 fully saturated rings. The van der Waals surface area contributed by atoms with Crippen LogP contribution in [-0.2, 0) is 9.47 Å². The van der Waals surface area contributed by atoms with Crippen LogP contribution in [0.25, 0.3) is 0 Å². The van der Waals surface area contributed by atoms with E-state index in [1.54, 1.807) is 44.6 Å². The number of methoxy groups -OCH3 is 2. The van der Waals surface area contributed by atoms with Gasteiger partial charge in [-0.1, -0.05) is 29.3 Å². The van der Waals surface area contributed by atoms with Crippen LogP contribution in [-0.4, -0.2) is 46.2 Å². The molecule has 0 spiro atoms. The van der Waals surface area contributed by atoms with Crippen LogP contribution < -0.4 is 33.6 Å².